The highest BCUT2D eigenvalue weighted by Crippen LogP contribution is 2.39. The summed E-state index contributed by atoms with van der Waals surface area (Å²) in [6, 6.07) is 6.92. The number of nitrogens with zero attached hydrogens (tertiary/aromatic N) is 5. The van der Waals surface area contributed by atoms with Gasteiger partial charge in [-0.2, -0.15) is 0 Å². The monoisotopic (exact) mass is 460 g/mol. The van der Waals surface area contributed by atoms with Crippen molar-refractivity contribution in [3.8, 4) is 11.4 Å². The largest absolute Gasteiger partial charge is 0.389 e. The molecule has 0 radical (unpaired) electrons. The lowest BCUT2D eigenvalue weighted by Gasteiger charge is -2.35. The van der Waals surface area contributed by atoms with Crippen LogP contribution in [0.2, 0.25) is 0 Å². The Labute approximate surface area is 201 Å². The Morgan fingerprint density at radius 2 is 1.88 bits per heavy atom. The van der Waals surface area contributed by atoms with Crippen LogP contribution in [-0.4, -0.2) is 60.0 Å². The minimum absolute atomic E-state index is 0.348. The van der Waals surface area contributed by atoms with E-state index in [1.165, 1.54) is 16.5 Å². The molecule has 2 N–H and O–H groups in total. The molecule has 1 saturated heterocycles. The third-order valence-corrected chi connectivity index (χ3v) is 7.32. The minimum Gasteiger partial charge on any atom is -0.389 e. The third kappa shape index (κ3) is 4.12. The molecule has 1 fully saturated rings. The highest BCUT2D eigenvalue weighted by molar-refractivity contribution is 5.92. The summed E-state index contributed by atoms with van der Waals surface area (Å²) in [5, 5.41) is 20.6. The molecule has 7 nitrogen and oxygen atoms in total. The standard InChI is InChI=1S/C27H36N6O/c1-16(2)23-21-13-20(19-9-11-32(12-10-19)14-27(5,6)34)7-8-22(21)30-25(23)24-17(3)18(4)26-28-15-29-33(26)31-24/h7-8,13,15-16,19,30,34H,9-12,14H2,1-6H3. The van der Waals surface area contributed by atoms with Gasteiger partial charge in [0.15, 0.2) is 5.65 Å². The van der Waals surface area contributed by atoms with Gasteiger partial charge in [0, 0.05) is 23.0 Å². The number of rotatable bonds is 5. The fraction of sp³-hybridized carbons (Fsp3) is 0.519. The number of piperidine rings is 1. The molecule has 4 aromatic rings. The molecule has 5 rings (SSSR count). The Hall–Kier alpha value is -2.77. The zero-order chi connectivity index (χ0) is 24.2. The molecule has 180 valence electrons. The first-order valence-electron chi connectivity index (χ1n) is 12.4. The van der Waals surface area contributed by atoms with Crippen molar-refractivity contribution in [2.24, 2.45) is 0 Å². The van der Waals surface area contributed by atoms with E-state index in [0.29, 0.717) is 11.8 Å². The Kier molecular flexibility index (Phi) is 5.73. The van der Waals surface area contributed by atoms with E-state index in [0.717, 1.165) is 66.2 Å². The molecule has 7 heteroatoms. The van der Waals surface area contributed by atoms with Gasteiger partial charge < -0.3 is 15.0 Å². The first-order valence-corrected chi connectivity index (χ1v) is 12.4. The van der Waals surface area contributed by atoms with Crippen LogP contribution < -0.4 is 0 Å². The maximum atomic E-state index is 10.2. The molecule has 4 heterocycles. The number of β-amino-alcohol motifs (C(OH)–C–C–N with tert-alkyl or cyclic N) is 1. The number of nitrogens with one attached hydrogen (secondary N) is 1. The summed E-state index contributed by atoms with van der Waals surface area (Å²) in [6.45, 7) is 15.3. The molecule has 0 bridgehead atoms. The third-order valence-electron chi connectivity index (χ3n) is 7.32. The first-order chi connectivity index (χ1) is 16.1. The Balaban J connectivity index is 1.52. The van der Waals surface area contributed by atoms with E-state index in [2.05, 4.69) is 65.9 Å². The van der Waals surface area contributed by atoms with Crippen LogP contribution in [0.15, 0.2) is 24.5 Å². The van der Waals surface area contributed by atoms with Crippen molar-refractivity contribution in [2.75, 3.05) is 19.6 Å². The molecule has 34 heavy (non-hydrogen) atoms. The topological polar surface area (TPSA) is 82.3 Å². The lowest BCUT2D eigenvalue weighted by molar-refractivity contribution is 0.0282. The van der Waals surface area contributed by atoms with Gasteiger partial charge in [-0.1, -0.05) is 19.9 Å². The van der Waals surface area contributed by atoms with Crippen LogP contribution in [0.3, 0.4) is 0 Å². The summed E-state index contributed by atoms with van der Waals surface area (Å²) in [5.74, 6) is 0.898. The summed E-state index contributed by atoms with van der Waals surface area (Å²) in [7, 11) is 0. The van der Waals surface area contributed by atoms with Gasteiger partial charge in [-0.25, -0.2) is 4.98 Å². The summed E-state index contributed by atoms with van der Waals surface area (Å²) in [4.78, 5) is 10.4. The number of aromatic amines is 1. The lowest BCUT2D eigenvalue weighted by atomic mass is 9.87. The van der Waals surface area contributed by atoms with Crippen molar-refractivity contribution >= 4 is 16.6 Å². The average Bonchev–Trinajstić information content (AvgIpc) is 3.39. The van der Waals surface area contributed by atoms with Crippen LogP contribution in [0.25, 0.3) is 27.9 Å². The average molecular weight is 461 g/mol. The van der Waals surface area contributed by atoms with Gasteiger partial charge in [0.05, 0.1) is 11.3 Å². The molecule has 0 amide bonds. The van der Waals surface area contributed by atoms with Crippen molar-refractivity contribution < 1.29 is 5.11 Å². The Bertz CT molecular complexity index is 1330. The van der Waals surface area contributed by atoms with Crippen molar-refractivity contribution in [1.82, 2.24) is 29.7 Å². The van der Waals surface area contributed by atoms with E-state index in [1.807, 2.05) is 13.8 Å². The van der Waals surface area contributed by atoms with E-state index >= 15 is 0 Å². The second-order valence-electron chi connectivity index (χ2n) is 10.9. The van der Waals surface area contributed by atoms with Crippen molar-refractivity contribution in [3.05, 3.63) is 46.8 Å². The Morgan fingerprint density at radius 1 is 1.15 bits per heavy atom. The normalized spacial score (nSPS) is 16.4. The van der Waals surface area contributed by atoms with Gasteiger partial charge in [-0.15, -0.1) is 14.8 Å². The maximum Gasteiger partial charge on any atom is 0.179 e. The fourth-order valence-electron chi connectivity index (χ4n) is 5.55. The number of benzene rings is 1. The van der Waals surface area contributed by atoms with Crippen LogP contribution in [0.4, 0.5) is 0 Å². The van der Waals surface area contributed by atoms with Gasteiger partial charge in [0.25, 0.3) is 0 Å². The van der Waals surface area contributed by atoms with Crippen LogP contribution in [-0.2, 0) is 0 Å². The summed E-state index contributed by atoms with van der Waals surface area (Å²) >= 11 is 0. The van der Waals surface area contributed by atoms with Crippen molar-refractivity contribution in [2.45, 2.75) is 71.8 Å². The summed E-state index contributed by atoms with van der Waals surface area (Å²) in [5.41, 5.74) is 8.31. The van der Waals surface area contributed by atoms with E-state index in [9.17, 15) is 5.11 Å². The quantitative estimate of drug-likeness (QED) is 0.440. The summed E-state index contributed by atoms with van der Waals surface area (Å²) < 4.78 is 1.64. The van der Waals surface area contributed by atoms with E-state index in [-0.39, 0.29) is 0 Å². The second kappa shape index (κ2) is 8.47. The van der Waals surface area contributed by atoms with Gasteiger partial charge >= 0.3 is 0 Å². The number of hydrogen-bond donors (Lipinski definition) is 2. The maximum absolute atomic E-state index is 10.2. The van der Waals surface area contributed by atoms with Gasteiger partial charge in [0.1, 0.15) is 12.0 Å². The predicted octanol–water partition coefficient (Wildman–Crippen LogP) is 4.96. The van der Waals surface area contributed by atoms with Crippen LogP contribution >= 0.6 is 0 Å². The highest BCUT2D eigenvalue weighted by atomic mass is 16.3. The molecule has 1 aliphatic rings. The fourth-order valence-corrected chi connectivity index (χ4v) is 5.55. The molecule has 0 saturated carbocycles. The number of aryl methyl sites for hydroxylation is 1. The molecule has 0 unspecified atom stereocenters. The Morgan fingerprint density at radius 3 is 2.56 bits per heavy atom. The van der Waals surface area contributed by atoms with E-state index in [4.69, 9.17) is 5.10 Å². The van der Waals surface area contributed by atoms with Crippen LogP contribution in [0.1, 0.15) is 74.6 Å². The van der Waals surface area contributed by atoms with Gasteiger partial charge in [-0.3, -0.25) is 0 Å². The zero-order valence-electron chi connectivity index (χ0n) is 21.2. The predicted molar refractivity (Wildman–Crippen MR) is 136 cm³/mol. The summed E-state index contributed by atoms with van der Waals surface area (Å²) in [6.07, 6.45) is 3.81. The number of hydrogen-bond acceptors (Lipinski definition) is 5. The number of aliphatic hydroxyl groups is 1. The first kappa shape index (κ1) is 23.0. The molecule has 1 aromatic carbocycles. The molecule has 0 spiro atoms. The molecule has 3 aromatic heterocycles. The molecule has 1 aliphatic heterocycles. The minimum atomic E-state index is -0.640. The number of likely N-dealkylation sites (tertiary alicyclic amines) is 1. The van der Waals surface area contributed by atoms with E-state index < -0.39 is 5.60 Å². The highest BCUT2D eigenvalue weighted by Gasteiger charge is 2.26. The number of aromatic nitrogens is 5. The van der Waals surface area contributed by atoms with Crippen molar-refractivity contribution in [1.29, 1.82) is 0 Å². The number of fused-ring (bicyclic) bond motifs is 2. The van der Waals surface area contributed by atoms with Gasteiger partial charge in [-0.05, 0) is 94.3 Å². The molecule has 0 atom stereocenters. The van der Waals surface area contributed by atoms with E-state index in [1.54, 1.807) is 11.0 Å². The van der Waals surface area contributed by atoms with Crippen molar-refractivity contribution in [3.63, 3.8) is 0 Å². The van der Waals surface area contributed by atoms with Gasteiger partial charge in [0.2, 0.25) is 0 Å². The second-order valence-corrected chi connectivity index (χ2v) is 10.9. The molecular formula is C27H36N6O. The molecule has 0 aliphatic carbocycles. The van der Waals surface area contributed by atoms with Crippen LogP contribution in [0, 0.1) is 13.8 Å². The zero-order valence-corrected chi connectivity index (χ0v) is 21.2. The SMILES string of the molecule is Cc1c(-c2[nH]c3ccc(C4CCN(CC(C)(C)O)CC4)cc3c2C(C)C)nn2ncnc2c1C. The van der Waals surface area contributed by atoms with Crippen LogP contribution in [0.5, 0.6) is 0 Å². The lowest BCUT2D eigenvalue weighted by Crippen LogP contribution is -2.42. The smallest absolute Gasteiger partial charge is 0.179 e. The number of H-pyrrole nitrogens is 1. The molecular weight excluding hydrogens is 424 g/mol.